The maximum absolute atomic E-state index is 9.63. The zero-order valence-electron chi connectivity index (χ0n) is 10.4. The normalized spacial score (nSPS) is 8.22. The average molecular weight is 246 g/mol. The molecule has 0 aliphatic heterocycles. The van der Waals surface area contributed by atoms with Crippen LogP contribution in [0, 0.1) is 0 Å². The first kappa shape index (κ1) is 16.0. The van der Waals surface area contributed by atoms with E-state index in [1.54, 1.807) is 0 Å². The van der Waals surface area contributed by atoms with Crippen molar-refractivity contribution in [1.82, 2.24) is 0 Å². The molecular weight excluding hydrogens is 228 g/mol. The van der Waals surface area contributed by atoms with Crippen LogP contribution < -0.4 is 0 Å². The Morgan fingerprint density at radius 2 is 0.944 bits per heavy atom. The number of nitrogens with zero attached hydrogens (tertiary/aromatic N) is 2. The summed E-state index contributed by atoms with van der Waals surface area (Å²) in [4.78, 5) is 26.1. The van der Waals surface area contributed by atoms with E-state index in [0.717, 1.165) is 25.7 Å². The van der Waals surface area contributed by atoms with Crippen LogP contribution in [0.2, 0.25) is 0 Å². The van der Waals surface area contributed by atoms with E-state index in [0.29, 0.717) is 13.1 Å². The number of isocyanates is 2. The van der Waals surface area contributed by atoms with Crippen molar-refractivity contribution in [3.05, 3.63) is 36.4 Å². The predicted molar refractivity (Wildman–Crippen MR) is 70.9 cm³/mol. The van der Waals surface area contributed by atoms with Gasteiger partial charge in [0.15, 0.2) is 0 Å². The lowest BCUT2D eigenvalue weighted by molar-refractivity contribution is 0.558. The van der Waals surface area contributed by atoms with Crippen LogP contribution in [0.5, 0.6) is 0 Å². The molecule has 0 saturated carbocycles. The molecule has 0 amide bonds. The summed E-state index contributed by atoms with van der Waals surface area (Å²) in [5.74, 6) is 0. The molecule has 0 aliphatic carbocycles. The second-order valence-electron chi connectivity index (χ2n) is 3.51. The molecule has 1 aromatic rings. The van der Waals surface area contributed by atoms with Gasteiger partial charge < -0.3 is 0 Å². The fourth-order valence-corrected chi connectivity index (χ4v) is 1.21. The minimum absolute atomic E-state index is 0.556. The molecule has 18 heavy (non-hydrogen) atoms. The van der Waals surface area contributed by atoms with Crippen molar-refractivity contribution in [2.45, 2.75) is 25.7 Å². The van der Waals surface area contributed by atoms with E-state index in [-0.39, 0.29) is 0 Å². The lowest BCUT2D eigenvalue weighted by atomic mass is 10.2. The summed E-state index contributed by atoms with van der Waals surface area (Å²) in [6.07, 6.45) is 6.80. The Bertz CT molecular complexity index is 318. The molecular formula is C14H18N2O2. The highest BCUT2D eigenvalue weighted by molar-refractivity contribution is 5.32. The zero-order valence-corrected chi connectivity index (χ0v) is 10.4. The summed E-state index contributed by atoms with van der Waals surface area (Å²) in [5.41, 5.74) is 0. The highest BCUT2D eigenvalue weighted by atomic mass is 16.1. The molecule has 1 aromatic carbocycles. The highest BCUT2D eigenvalue weighted by Gasteiger charge is 1.87. The molecule has 0 unspecified atom stereocenters. The standard InChI is InChI=1S/C8H12N2O2.C6H6/c11-7-9-5-3-1-2-4-6-10-8-12;1-2-4-6-5-3-1/h1-6H2;1-6H. The number of rotatable bonds is 7. The molecule has 0 fully saturated rings. The maximum Gasteiger partial charge on any atom is 0.234 e. The third-order valence-electron chi connectivity index (χ3n) is 2.09. The first-order valence-electron chi connectivity index (χ1n) is 5.99. The highest BCUT2D eigenvalue weighted by Crippen LogP contribution is 1.99. The molecule has 0 spiro atoms. The summed E-state index contributed by atoms with van der Waals surface area (Å²) in [6, 6.07) is 12.0. The van der Waals surface area contributed by atoms with Crippen LogP contribution in [0.1, 0.15) is 25.7 Å². The van der Waals surface area contributed by atoms with E-state index in [2.05, 4.69) is 9.98 Å². The van der Waals surface area contributed by atoms with Crippen LogP contribution in [0.15, 0.2) is 46.4 Å². The first-order valence-corrected chi connectivity index (χ1v) is 5.99. The number of unbranched alkanes of at least 4 members (excludes halogenated alkanes) is 3. The maximum atomic E-state index is 9.63. The Hall–Kier alpha value is -2.02. The zero-order chi connectivity index (χ0) is 13.3. The van der Waals surface area contributed by atoms with Crippen molar-refractivity contribution in [2.75, 3.05) is 13.1 Å². The SMILES string of the molecule is O=C=NCCCCCCN=C=O.c1ccccc1. The fraction of sp³-hybridized carbons (Fsp3) is 0.429. The van der Waals surface area contributed by atoms with Crippen LogP contribution in [0.4, 0.5) is 0 Å². The molecule has 1 rings (SSSR count). The topological polar surface area (TPSA) is 58.9 Å². The van der Waals surface area contributed by atoms with Crippen molar-refractivity contribution in [2.24, 2.45) is 9.98 Å². The average Bonchev–Trinajstić information content (AvgIpc) is 2.44. The van der Waals surface area contributed by atoms with Gasteiger partial charge in [-0.2, -0.15) is 0 Å². The van der Waals surface area contributed by atoms with Crippen LogP contribution in [-0.4, -0.2) is 25.2 Å². The molecule has 0 bridgehead atoms. The van der Waals surface area contributed by atoms with E-state index in [1.807, 2.05) is 36.4 Å². The summed E-state index contributed by atoms with van der Waals surface area (Å²) in [5, 5.41) is 0. The lowest BCUT2D eigenvalue weighted by Crippen LogP contribution is -1.84. The minimum Gasteiger partial charge on any atom is -0.211 e. The summed E-state index contributed by atoms with van der Waals surface area (Å²) in [6.45, 7) is 1.11. The fourth-order valence-electron chi connectivity index (χ4n) is 1.21. The van der Waals surface area contributed by atoms with Gasteiger partial charge in [-0.05, 0) is 12.8 Å². The smallest absolute Gasteiger partial charge is 0.211 e. The molecule has 0 aromatic heterocycles. The van der Waals surface area contributed by atoms with E-state index in [1.165, 1.54) is 12.2 Å². The van der Waals surface area contributed by atoms with Crippen LogP contribution in [-0.2, 0) is 9.59 Å². The summed E-state index contributed by atoms with van der Waals surface area (Å²) in [7, 11) is 0. The third-order valence-corrected chi connectivity index (χ3v) is 2.09. The second-order valence-corrected chi connectivity index (χ2v) is 3.51. The quantitative estimate of drug-likeness (QED) is 0.422. The van der Waals surface area contributed by atoms with Gasteiger partial charge in [0.25, 0.3) is 0 Å². The van der Waals surface area contributed by atoms with Crippen molar-refractivity contribution in [3.63, 3.8) is 0 Å². The van der Waals surface area contributed by atoms with Gasteiger partial charge in [0.2, 0.25) is 12.2 Å². The van der Waals surface area contributed by atoms with Gasteiger partial charge in [-0.15, -0.1) is 0 Å². The van der Waals surface area contributed by atoms with Gasteiger partial charge in [0.1, 0.15) is 0 Å². The Kier molecular flexibility index (Phi) is 13.3. The second kappa shape index (κ2) is 15.0. The third kappa shape index (κ3) is 14.0. The van der Waals surface area contributed by atoms with Crippen LogP contribution in [0.25, 0.3) is 0 Å². The van der Waals surface area contributed by atoms with Crippen LogP contribution in [0.3, 0.4) is 0 Å². The summed E-state index contributed by atoms with van der Waals surface area (Å²) < 4.78 is 0. The van der Waals surface area contributed by atoms with E-state index in [9.17, 15) is 9.59 Å². The van der Waals surface area contributed by atoms with E-state index >= 15 is 0 Å². The Morgan fingerprint density at radius 1 is 0.611 bits per heavy atom. The van der Waals surface area contributed by atoms with Gasteiger partial charge in [-0.1, -0.05) is 49.2 Å². The molecule has 0 atom stereocenters. The Morgan fingerprint density at radius 3 is 1.22 bits per heavy atom. The molecule has 0 N–H and O–H groups in total. The van der Waals surface area contributed by atoms with Gasteiger partial charge in [-0.3, -0.25) is 0 Å². The molecule has 4 nitrogen and oxygen atoms in total. The summed E-state index contributed by atoms with van der Waals surface area (Å²) >= 11 is 0. The molecule has 0 aliphatic rings. The molecule has 0 saturated heterocycles. The van der Waals surface area contributed by atoms with Crippen LogP contribution >= 0.6 is 0 Å². The largest absolute Gasteiger partial charge is 0.234 e. The van der Waals surface area contributed by atoms with Gasteiger partial charge in [0.05, 0.1) is 13.1 Å². The predicted octanol–water partition coefficient (Wildman–Crippen LogP) is 2.91. The first-order chi connectivity index (χ1) is 8.91. The monoisotopic (exact) mass is 246 g/mol. The molecule has 96 valence electrons. The Labute approximate surface area is 107 Å². The minimum atomic E-state index is 0.556. The molecule has 0 heterocycles. The van der Waals surface area contributed by atoms with Gasteiger partial charge in [-0.25, -0.2) is 19.6 Å². The number of hydrogen-bond donors (Lipinski definition) is 0. The lowest BCUT2D eigenvalue weighted by Gasteiger charge is -1.93. The van der Waals surface area contributed by atoms with E-state index < -0.39 is 0 Å². The Balaban J connectivity index is 0.000000397. The number of aliphatic imine (C=N–C) groups is 2. The number of hydrogen-bond acceptors (Lipinski definition) is 4. The molecule has 4 heteroatoms. The van der Waals surface area contributed by atoms with Gasteiger partial charge >= 0.3 is 0 Å². The van der Waals surface area contributed by atoms with Crippen molar-refractivity contribution in [3.8, 4) is 0 Å². The number of carbonyl (C=O) groups excluding carboxylic acids is 2. The van der Waals surface area contributed by atoms with Crippen molar-refractivity contribution in [1.29, 1.82) is 0 Å². The van der Waals surface area contributed by atoms with Crippen molar-refractivity contribution < 1.29 is 9.59 Å². The van der Waals surface area contributed by atoms with Gasteiger partial charge in [0, 0.05) is 0 Å². The molecule has 0 radical (unpaired) electrons. The van der Waals surface area contributed by atoms with E-state index in [4.69, 9.17) is 0 Å². The number of benzene rings is 1. The van der Waals surface area contributed by atoms with Crippen molar-refractivity contribution >= 4 is 12.2 Å².